The van der Waals surface area contributed by atoms with Crippen LogP contribution in [0.15, 0.2) is 60.9 Å². The zero-order valence-electron chi connectivity index (χ0n) is 18.0. The molecule has 0 fully saturated rings. The topological polar surface area (TPSA) is 148 Å². The molecule has 0 saturated carbocycles. The summed E-state index contributed by atoms with van der Waals surface area (Å²) in [5, 5.41) is 30.5. The number of pyridine rings is 1. The molecule has 1 aromatic carbocycles. The van der Waals surface area contributed by atoms with Crippen LogP contribution in [0.4, 0.5) is 11.4 Å². The molecule has 3 N–H and O–H groups in total. The lowest BCUT2D eigenvalue weighted by atomic mass is 10.1. The third-order valence-corrected chi connectivity index (χ3v) is 5.02. The number of rotatable bonds is 6. The van der Waals surface area contributed by atoms with Gasteiger partial charge in [-0.3, -0.25) is 14.6 Å². The summed E-state index contributed by atoms with van der Waals surface area (Å²) in [6.07, 6.45) is 2.89. The highest BCUT2D eigenvalue weighted by atomic mass is 16.2. The molecule has 34 heavy (non-hydrogen) atoms. The molecular weight excluding hydrogens is 432 g/mol. The number of carbonyl (C=O) groups excluding carboxylic acids is 2. The zero-order valence-corrected chi connectivity index (χ0v) is 18.0. The van der Waals surface area contributed by atoms with Crippen molar-refractivity contribution in [2.45, 2.75) is 0 Å². The molecule has 4 aromatic rings. The van der Waals surface area contributed by atoms with Crippen molar-refractivity contribution in [2.75, 3.05) is 18.9 Å². The Morgan fingerprint density at radius 1 is 1.03 bits per heavy atom. The lowest BCUT2D eigenvalue weighted by molar-refractivity contribution is 0.0952. The van der Waals surface area contributed by atoms with Crippen molar-refractivity contribution in [1.29, 1.82) is 10.5 Å². The van der Waals surface area contributed by atoms with E-state index in [0.717, 1.165) is 5.52 Å². The van der Waals surface area contributed by atoms with Crippen molar-refractivity contribution < 1.29 is 9.59 Å². The average molecular weight is 450 g/mol. The second-order valence-electron chi connectivity index (χ2n) is 7.15. The number of nitrogens with zero attached hydrogens (tertiary/aromatic N) is 5. The van der Waals surface area contributed by atoms with Gasteiger partial charge in [0.2, 0.25) is 0 Å². The highest BCUT2D eigenvalue weighted by molar-refractivity contribution is 6.01. The maximum Gasteiger partial charge on any atom is 0.255 e. The summed E-state index contributed by atoms with van der Waals surface area (Å²) in [4.78, 5) is 28.9. The van der Waals surface area contributed by atoms with Crippen LogP contribution < -0.4 is 16.0 Å². The van der Waals surface area contributed by atoms with Crippen LogP contribution in [0.25, 0.3) is 16.9 Å². The van der Waals surface area contributed by atoms with Gasteiger partial charge >= 0.3 is 0 Å². The smallest absolute Gasteiger partial charge is 0.255 e. The van der Waals surface area contributed by atoms with Crippen molar-refractivity contribution >= 4 is 28.7 Å². The van der Waals surface area contributed by atoms with Crippen LogP contribution in [0.5, 0.6) is 0 Å². The summed E-state index contributed by atoms with van der Waals surface area (Å²) in [5.41, 5.74) is 4.23. The monoisotopic (exact) mass is 450 g/mol. The number of amides is 2. The predicted octanol–water partition coefficient (Wildman–Crippen LogP) is 2.62. The molecule has 0 atom stereocenters. The van der Waals surface area contributed by atoms with E-state index < -0.39 is 5.91 Å². The molecule has 0 aliphatic heterocycles. The molecule has 0 bridgehead atoms. The first-order valence-electron chi connectivity index (χ1n) is 10.2. The summed E-state index contributed by atoms with van der Waals surface area (Å²) in [5.74, 6) is -0.664. The SMILES string of the molecule is CNC(=O)c1ccc(Nc2cc(-c3ccc4cc(C#N)cnn34)ncc2C(=O)NCC#N)cc1. The standard InChI is InChI=1S/C24H18N8O2/c1-27-23(33)16-2-4-17(5-3-16)31-20-11-21(29-14-19(20)24(34)28-9-8-25)22-7-6-18-10-15(12-26)13-30-32(18)22/h2-7,10-11,13-14H,9H2,1H3,(H,27,33)(H,28,34)(H,29,31). The van der Waals surface area contributed by atoms with Gasteiger partial charge in [-0.25, -0.2) is 4.52 Å². The van der Waals surface area contributed by atoms with Crippen LogP contribution in [0.1, 0.15) is 26.3 Å². The third kappa shape index (κ3) is 4.38. The minimum atomic E-state index is -0.457. The minimum absolute atomic E-state index is 0.144. The lowest BCUT2D eigenvalue weighted by Gasteiger charge is -2.13. The number of anilines is 2. The van der Waals surface area contributed by atoms with E-state index >= 15 is 0 Å². The van der Waals surface area contributed by atoms with Gasteiger partial charge in [0, 0.05) is 24.5 Å². The van der Waals surface area contributed by atoms with Crippen LogP contribution in [-0.2, 0) is 0 Å². The Morgan fingerprint density at radius 2 is 1.82 bits per heavy atom. The maximum atomic E-state index is 12.6. The molecule has 0 unspecified atom stereocenters. The third-order valence-electron chi connectivity index (χ3n) is 5.02. The van der Waals surface area contributed by atoms with E-state index in [-0.39, 0.29) is 18.0 Å². The second kappa shape index (κ2) is 9.51. The minimum Gasteiger partial charge on any atom is -0.355 e. The Bertz CT molecular complexity index is 1480. The Hall–Kier alpha value is -5.22. The molecule has 3 heterocycles. The number of hydrogen-bond acceptors (Lipinski definition) is 7. The summed E-state index contributed by atoms with van der Waals surface area (Å²) < 4.78 is 1.65. The van der Waals surface area contributed by atoms with E-state index in [0.29, 0.717) is 33.9 Å². The number of nitriles is 2. The van der Waals surface area contributed by atoms with Crippen LogP contribution >= 0.6 is 0 Å². The summed E-state index contributed by atoms with van der Waals surface area (Å²) in [7, 11) is 1.56. The molecule has 0 aliphatic rings. The second-order valence-corrected chi connectivity index (χ2v) is 7.15. The quantitative estimate of drug-likeness (QED) is 0.382. The molecule has 10 heteroatoms. The molecule has 0 radical (unpaired) electrons. The lowest BCUT2D eigenvalue weighted by Crippen LogP contribution is -2.24. The molecule has 2 amide bonds. The van der Waals surface area contributed by atoms with Gasteiger partial charge in [0.05, 0.1) is 46.0 Å². The van der Waals surface area contributed by atoms with Crippen LogP contribution in [0.2, 0.25) is 0 Å². The van der Waals surface area contributed by atoms with E-state index in [1.165, 1.54) is 12.4 Å². The highest BCUT2D eigenvalue weighted by Crippen LogP contribution is 2.27. The van der Waals surface area contributed by atoms with Crippen molar-refractivity contribution in [1.82, 2.24) is 25.2 Å². The van der Waals surface area contributed by atoms with Gasteiger partial charge in [-0.15, -0.1) is 0 Å². The Kier molecular flexibility index (Phi) is 6.15. The molecule has 0 spiro atoms. The fraction of sp³-hybridized carbons (Fsp3) is 0.0833. The van der Waals surface area contributed by atoms with Gasteiger partial charge in [0.1, 0.15) is 12.6 Å². The van der Waals surface area contributed by atoms with Crippen molar-refractivity contribution in [3.05, 3.63) is 77.6 Å². The van der Waals surface area contributed by atoms with E-state index in [4.69, 9.17) is 10.5 Å². The predicted molar refractivity (Wildman–Crippen MR) is 124 cm³/mol. The molecule has 3 aromatic heterocycles. The van der Waals surface area contributed by atoms with Crippen molar-refractivity contribution in [2.24, 2.45) is 0 Å². The van der Waals surface area contributed by atoms with Gasteiger partial charge in [-0.1, -0.05) is 0 Å². The van der Waals surface area contributed by atoms with E-state index in [1.807, 2.05) is 18.2 Å². The normalized spacial score (nSPS) is 10.2. The number of benzene rings is 1. The summed E-state index contributed by atoms with van der Waals surface area (Å²) in [6, 6.07) is 17.8. The molecule has 4 rings (SSSR count). The fourth-order valence-electron chi connectivity index (χ4n) is 3.35. The highest BCUT2D eigenvalue weighted by Gasteiger charge is 2.16. The molecule has 10 nitrogen and oxygen atoms in total. The van der Waals surface area contributed by atoms with Crippen molar-refractivity contribution in [3.8, 4) is 23.5 Å². The number of nitrogens with one attached hydrogen (secondary N) is 3. The molecule has 0 aliphatic carbocycles. The maximum absolute atomic E-state index is 12.6. The zero-order chi connectivity index (χ0) is 24.1. The summed E-state index contributed by atoms with van der Waals surface area (Å²) >= 11 is 0. The molecule has 0 saturated heterocycles. The first-order valence-corrected chi connectivity index (χ1v) is 10.2. The van der Waals surface area contributed by atoms with Gasteiger partial charge in [0.15, 0.2) is 0 Å². The first kappa shape index (κ1) is 22.0. The van der Waals surface area contributed by atoms with Gasteiger partial charge in [-0.2, -0.15) is 15.6 Å². The Morgan fingerprint density at radius 3 is 2.53 bits per heavy atom. The van der Waals surface area contributed by atoms with E-state index in [2.05, 4.69) is 32.1 Å². The van der Waals surface area contributed by atoms with Crippen molar-refractivity contribution in [3.63, 3.8) is 0 Å². The van der Waals surface area contributed by atoms with Crippen LogP contribution in [0.3, 0.4) is 0 Å². The van der Waals surface area contributed by atoms with Gasteiger partial charge in [-0.05, 0) is 48.5 Å². The Labute approximate surface area is 194 Å². The largest absolute Gasteiger partial charge is 0.355 e. The van der Waals surface area contributed by atoms with Gasteiger partial charge < -0.3 is 16.0 Å². The number of fused-ring (bicyclic) bond motifs is 1. The number of hydrogen-bond donors (Lipinski definition) is 3. The average Bonchev–Trinajstić information content (AvgIpc) is 3.30. The van der Waals surface area contributed by atoms with Crippen LogP contribution in [0, 0.1) is 22.7 Å². The van der Waals surface area contributed by atoms with E-state index in [1.54, 1.807) is 48.0 Å². The number of aromatic nitrogens is 3. The molecule has 166 valence electrons. The summed E-state index contributed by atoms with van der Waals surface area (Å²) in [6.45, 7) is -0.144. The number of carbonyl (C=O) groups is 2. The molecular formula is C24H18N8O2. The van der Waals surface area contributed by atoms with Crippen LogP contribution in [-0.4, -0.2) is 40.0 Å². The van der Waals surface area contributed by atoms with E-state index in [9.17, 15) is 9.59 Å². The fourth-order valence-corrected chi connectivity index (χ4v) is 3.35. The Balaban J connectivity index is 1.74. The first-order chi connectivity index (χ1) is 16.5. The van der Waals surface area contributed by atoms with Gasteiger partial charge in [0.25, 0.3) is 11.8 Å².